The molecule has 0 saturated carbocycles. The number of aromatic nitrogens is 3. The van der Waals surface area contributed by atoms with E-state index in [0.29, 0.717) is 12.2 Å². The van der Waals surface area contributed by atoms with Crippen LogP contribution >= 0.6 is 0 Å². The maximum absolute atomic E-state index is 12.4. The molecule has 7 heteroatoms. The van der Waals surface area contributed by atoms with E-state index in [1.54, 1.807) is 6.20 Å². The predicted octanol–water partition coefficient (Wildman–Crippen LogP) is 2.67. The second kappa shape index (κ2) is 5.40. The molecule has 2 aromatic heterocycles. The average Bonchev–Trinajstić information content (AvgIpc) is 2.88. The van der Waals surface area contributed by atoms with Crippen LogP contribution in [0, 0.1) is 0 Å². The first-order valence-corrected chi connectivity index (χ1v) is 6.61. The van der Waals surface area contributed by atoms with E-state index in [4.69, 9.17) is 0 Å². The van der Waals surface area contributed by atoms with Crippen molar-refractivity contribution in [1.82, 2.24) is 20.5 Å². The van der Waals surface area contributed by atoms with E-state index in [2.05, 4.69) is 20.5 Å². The van der Waals surface area contributed by atoms with Gasteiger partial charge in [-0.25, -0.2) is 0 Å². The summed E-state index contributed by atoms with van der Waals surface area (Å²) in [6, 6.07) is 6.36. The van der Waals surface area contributed by atoms with Crippen molar-refractivity contribution < 1.29 is 13.2 Å². The van der Waals surface area contributed by atoms with E-state index in [0.717, 1.165) is 24.6 Å². The Morgan fingerprint density at radius 1 is 1.19 bits per heavy atom. The summed E-state index contributed by atoms with van der Waals surface area (Å²) in [7, 11) is 0. The second-order valence-corrected chi connectivity index (χ2v) is 4.93. The highest BCUT2D eigenvalue weighted by molar-refractivity contribution is 5.28. The molecule has 0 spiro atoms. The fourth-order valence-corrected chi connectivity index (χ4v) is 2.44. The lowest BCUT2D eigenvalue weighted by atomic mass is 10.2. The van der Waals surface area contributed by atoms with Gasteiger partial charge in [0.2, 0.25) is 0 Å². The molecule has 0 amide bonds. The number of alkyl halides is 3. The molecule has 21 heavy (non-hydrogen) atoms. The maximum Gasteiger partial charge on any atom is 0.435 e. The molecule has 4 nitrogen and oxygen atoms in total. The van der Waals surface area contributed by atoms with Crippen molar-refractivity contribution in [2.45, 2.75) is 31.6 Å². The van der Waals surface area contributed by atoms with Crippen LogP contribution in [0.3, 0.4) is 0 Å². The third kappa shape index (κ3) is 3.02. The highest BCUT2D eigenvalue weighted by Crippen LogP contribution is 2.29. The average molecular weight is 294 g/mol. The van der Waals surface area contributed by atoms with Crippen molar-refractivity contribution >= 4 is 0 Å². The van der Waals surface area contributed by atoms with Crippen LogP contribution in [0.1, 0.15) is 35.1 Å². The van der Waals surface area contributed by atoms with Gasteiger partial charge in [0.15, 0.2) is 5.69 Å². The molecular weight excluding hydrogens is 281 g/mol. The minimum absolute atomic E-state index is 0.116. The summed E-state index contributed by atoms with van der Waals surface area (Å²) in [6.45, 7) is 0.367. The van der Waals surface area contributed by atoms with Gasteiger partial charge in [-0.05, 0) is 36.6 Å². The highest BCUT2D eigenvalue weighted by atomic mass is 19.4. The first-order valence-electron chi connectivity index (χ1n) is 6.61. The Morgan fingerprint density at radius 2 is 2.05 bits per heavy atom. The molecule has 0 bridgehead atoms. The predicted molar refractivity (Wildman–Crippen MR) is 69.2 cm³/mol. The summed E-state index contributed by atoms with van der Waals surface area (Å²) in [5.41, 5.74) is 1.73. The third-order valence-corrected chi connectivity index (χ3v) is 3.50. The van der Waals surface area contributed by atoms with E-state index >= 15 is 0 Å². The van der Waals surface area contributed by atoms with Gasteiger partial charge in [-0.15, -0.1) is 5.10 Å². The van der Waals surface area contributed by atoms with Crippen LogP contribution in [0.2, 0.25) is 0 Å². The number of nitrogens with one attached hydrogen (secondary N) is 1. The van der Waals surface area contributed by atoms with Gasteiger partial charge < -0.3 is 5.32 Å². The molecule has 110 valence electrons. The molecule has 0 saturated heterocycles. The second-order valence-electron chi connectivity index (χ2n) is 4.93. The molecule has 3 rings (SSSR count). The van der Waals surface area contributed by atoms with Gasteiger partial charge in [0.1, 0.15) is 0 Å². The third-order valence-electron chi connectivity index (χ3n) is 3.50. The number of nitrogens with zero attached hydrogens (tertiary/aromatic N) is 3. The van der Waals surface area contributed by atoms with Gasteiger partial charge >= 0.3 is 6.18 Å². The summed E-state index contributed by atoms with van der Waals surface area (Å²) in [5, 5.41) is 10.1. The summed E-state index contributed by atoms with van der Waals surface area (Å²) < 4.78 is 37.2. The molecule has 0 radical (unpaired) electrons. The molecule has 1 aliphatic rings. The summed E-state index contributed by atoms with van der Waals surface area (Å²) in [6.07, 6.45) is -0.816. The zero-order valence-electron chi connectivity index (χ0n) is 11.1. The van der Waals surface area contributed by atoms with E-state index < -0.39 is 11.9 Å². The smallest absolute Gasteiger partial charge is 0.303 e. The molecule has 0 unspecified atom stereocenters. The first-order chi connectivity index (χ1) is 10.0. The van der Waals surface area contributed by atoms with Gasteiger partial charge in [0.25, 0.3) is 0 Å². The number of hydrogen-bond donors (Lipinski definition) is 1. The molecule has 2 aromatic rings. The number of aryl methyl sites for hydroxylation is 1. The van der Waals surface area contributed by atoms with Gasteiger partial charge in [-0.2, -0.15) is 18.3 Å². The highest BCUT2D eigenvalue weighted by Gasteiger charge is 2.32. The Hall–Kier alpha value is -2.02. The van der Waals surface area contributed by atoms with Crippen molar-refractivity contribution in [2.24, 2.45) is 0 Å². The lowest BCUT2D eigenvalue weighted by Crippen LogP contribution is -2.21. The minimum Gasteiger partial charge on any atom is -0.303 e. The van der Waals surface area contributed by atoms with Crippen LogP contribution in [0.15, 0.2) is 30.5 Å². The van der Waals surface area contributed by atoms with Crippen LogP contribution in [-0.4, -0.2) is 15.2 Å². The molecular formula is C14H13F3N4. The molecule has 1 N–H and O–H groups in total. The van der Waals surface area contributed by atoms with E-state index in [9.17, 15) is 13.2 Å². The van der Waals surface area contributed by atoms with Crippen molar-refractivity contribution in [3.63, 3.8) is 0 Å². The number of pyridine rings is 1. The number of rotatable bonds is 3. The molecule has 0 aromatic carbocycles. The Labute approximate surface area is 119 Å². The lowest BCUT2D eigenvalue weighted by Gasteiger charge is -2.12. The van der Waals surface area contributed by atoms with Crippen LogP contribution in [0.25, 0.3) is 0 Å². The molecule has 1 aliphatic carbocycles. The topological polar surface area (TPSA) is 50.7 Å². The maximum atomic E-state index is 12.4. The molecule has 0 fully saturated rings. The summed E-state index contributed by atoms with van der Waals surface area (Å²) in [4.78, 5) is 4.35. The molecule has 0 aliphatic heterocycles. The number of halogens is 3. The van der Waals surface area contributed by atoms with E-state index in [1.165, 1.54) is 11.6 Å². The Kier molecular flexibility index (Phi) is 3.59. The van der Waals surface area contributed by atoms with Gasteiger partial charge in [-0.3, -0.25) is 4.98 Å². The Morgan fingerprint density at radius 3 is 2.76 bits per heavy atom. The van der Waals surface area contributed by atoms with Gasteiger partial charge in [0.05, 0.1) is 17.4 Å². The summed E-state index contributed by atoms with van der Waals surface area (Å²) >= 11 is 0. The molecule has 1 atom stereocenters. The fraction of sp³-hybridized carbons (Fsp3) is 0.357. The lowest BCUT2D eigenvalue weighted by molar-refractivity contribution is -0.141. The van der Waals surface area contributed by atoms with Crippen molar-refractivity contribution in [1.29, 1.82) is 0 Å². The van der Waals surface area contributed by atoms with Gasteiger partial charge in [0, 0.05) is 12.7 Å². The quantitative estimate of drug-likeness (QED) is 0.945. The van der Waals surface area contributed by atoms with Gasteiger partial charge in [-0.1, -0.05) is 6.07 Å². The number of fused-ring (bicyclic) bond motifs is 1. The van der Waals surface area contributed by atoms with Crippen LogP contribution in [0.4, 0.5) is 13.2 Å². The van der Waals surface area contributed by atoms with E-state index in [1.807, 2.05) is 12.1 Å². The van der Waals surface area contributed by atoms with Crippen molar-refractivity contribution in [2.75, 3.05) is 0 Å². The largest absolute Gasteiger partial charge is 0.435 e. The normalized spacial score (nSPS) is 17.8. The monoisotopic (exact) mass is 294 g/mol. The number of hydrogen-bond acceptors (Lipinski definition) is 4. The molecule has 2 heterocycles. The first kappa shape index (κ1) is 13.9. The SMILES string of the molecule is FC(F)(F)c1ccc(CN[C@@H]2CCc3cccnc32)nn1. The fourth-order valence-electron chi connectivity index (χ4n) is 2.44. The zero-order chi connectivity index (χ0) is 14.9. The minimum atomic E-state index is -4.45. The van der Waals surface area contributed by atoms with Crippen LogP contribution in [0.5, 0.6) is 0 Å². The summed E-state index contributed by atoms with van der Waals surface area (Å²) in [5.74, 6) is 0. The van der Waals surface area contributed by atoms with Crippen molar-refractivity contribution in [3.05, 3.63) is 53.1 Å². The van der Waals surface area contributed by atoms with Crippen LogP contribution in [-0.2, 0) is 19.1 Å². The standard InChI is InChI=1S/C14H13F3N4/c15-14(16,17)12-6-4-10(20-21-12)8-19-11-5-3-9-2-1-7-18-13(9)11/h1-2,4,6-7,11,19H,3,5,8H2/t11-/m1/s1. The van der Waals surface area contributed by atoms with E-state index in [-0.39, 0.29) is 6.04 Å². The van der Waals surface area contributed by atoms with Crippen molar-refractivity contribution in [3.8, 4) is 0 Å². The Bertz CT molecular complexity index is 625. The van der Waals surface area contributed by atoms with Crippen LogP contribution < -0.4 is 5.32 Å². The zero-order valence-corrected chi connectivity index (χ0v) is 11.1. The Balaban J connectivity index is 1.64.